The van der Waals surface area contributed by atoms with Gasteiger partial charge in [0, 0.05) is 18.3 Å². The van der Waals surface area contributed by atoms with Crippen LogP contribution >= 0.6 is 0 Å². The molecule has 1 aromatic heterocycles. The minimum atomic E-state index is -0.290. The van der Waals surface area contributed by atoms with E-state index in [0.717, 1.165) is 36.0 Å². The average molecular weight is 402 g/mol. The molecule has 0 saturated carbocycles. The van der Waals surface area contributed by atoms with E-state index in [0.29, 0.717) is 19.0 Å². The molecule has 0 N–H and O–H groups in total. The van der Waals surface area contributed by atoms with Crippen molar-refractivity contribution in [2.45, 2.75) is 38.5 Å². The summed E-state index contributed by atoms with van der Waals surface area (Å²) in [5.74, 6) is 0.578. The predicted octanol–water partition coefficient (Wildman–Crippen LogP) is 5.52. The van der Waals surface area contributed by atoms with Crippen LogP contribution < -0.4 is 4.74 Å². The molecule has 0 spiro atoms. The van der Waals surface area contributed by atoms with Gasteiger partial charge < -0.3 is 14.4 Å². The Labute approximate surface area is 177 Å². The minimum Gasteiger partial charge on any atom is -0.473 e. The molecule has 2 heterocycles. The molecule has 0 unspecified atom stereocenters. The van der Waals surface area contributed by atoms with Gasteiger partial charge in [-0.2, -0.15) is 0 Å². The summed E-state index contributed by atoms with van der Waals surface area (Å²) in [6, 6.07) is 23.6. The maximum absolute atomic E-state index is 12.9. The van der Waals surface area contributed by atoms with E-state index in [1.165, 1.54) is 0 Å². The van der Waals surface area contributed by atoms with Gasteiger partial charge in [-0.25, -0.2) is 9.78 Å². The van der Waals surface area contributed by atoms with E-state index in [2.05, 4.69) is 4.98 Å². The van der Waals surface area contributed by atoms with Crippen LogP contribution in [-0.2, 0) is 18.0 Å². The molecule has 3 aromatic rings. The summed E-state index contributed by atoms with van der Waals surface area (Å²) in [7, 11) is 0. The van der Waals surface area contributed by atoms with Gasteiger partial charge in [0.05, 0.1) is 6.04 Å². The summed E-state index contributed by atoms with van der Waals surface area (Å²) in [6.07, 6.45) is 4.33. The Morgan fingerprint density at radius 1 is 0.900 bits per heavy atom. The first-order chi connectivity index (χ1) is 14.8. The van der Waals surface area contributed by atoms with E-state index >= 15 is 0 Å². The Morgan fingerprint density at radius 3 is 2.33 bits per heavy atom. The average Bonchev–Trinajstić information content (AvgIpc) is 2.83. The molecule has 1 aliphatic rings. The second-order valence-electron chi connectivity index (χ2n) is 7.42. The summed E-state index contributed by atoms with van der Waals surface area (Å²) < 4.78 is 11.7. The van der Waals surface area contributed by atoms with Crippen LogP contribution in [0.5, 0.6) is 5.88 Å². The van der Waals surface area contributed by atoms with Gasteiger partial charge in [0.2, 0.25) is 5.88 Å². The maximum atomic E-state index is 12.9. The minimum absolute atomic E-state index is 0.0958. The van der Waals surface area contributed by atoms with Gasteiger partial charge in [0.1, 0.15) is 13.2 Å². The van der Waals surface area contributed by atoms with E-state index in [1.54, 1.807) is 6.20 Å². The molecule has 2 aromatic carbocycles. The molecule has 30 heavy (non-hydrogen) atoms. The number of amides is 1. The number of benzene rings is 2. The Hall–Kier alpha value is -3.34. The maximum Gasteiger partial charge on any atom is 0.410 e. The lowest BCUT2D eigenvalue weighted by atomic mass is 9.96. The molecule has 1 amide bonds. The zero-order chi connectivity index (χ0) is 20.6. The number of hydrogen-bond acceptors (Lipinski definition) is 4. The van der Waals surface area contributed by atoms with Crippen LogP contribution in [0.15, 0.2) is 79.0 Å². The molecule has 0 radical (unpaired) electrons. The second-order valence-corrected chi connectivity index (χ2v) is 7.42. The monoisotopic (exact) mass is 402 g/mol. The quantitative estimate of drug-likeness (QED) is 0.544. The van der Waals surface area contributed by atoms with E-state index in [4.69, 9.17) is 9.47 Å². The third kappa shape index (κ3) is 4.98. The van der Waals surface area contributed by atoms with E-state index < -0.39 is 0 Å². The molecule has 1 fully saturated rings. The third-order valence-corrected chi connectivity index (χ3v) is 5.32. The lowest BCUT2D eigenvalue weighted by molar-refractivity contribution is 0.0669. The van der Waals surface area contributed by atoms with Gasteiger partial charge in [-0.15, -0.1) is 0 Å². The summed E-state index contributed by atoms with van der Waals surface area (Å²) >= 11 is 0. The van der Waals surface area contributed by atoms with Crippen molar-refractivity contribution in [3.05, 3.63) is 95.7 Å². The van der Waals surface area contributed by atoms with Crippen LogP contribution in [0, 0.1) is 0 Å². The summed E-state index contributed by atoms with van der Waals surface area (Å²) in [5.41, 5.74) is 2.99. The van der Waals surface area contributed by atoms with E-state index in [-0.39, 0.29) is 18.7 Å². The fourth-order valence-corrected chi connectivity index (χ4v) is 3.78. The van der Waals surface area contributed by atoms with Crippen molar-refractivity contribution in [1.82, 2.24) is 9.88 Å². The number of carbonyl (C=O) groups is 1. The molecule has 1 atom stereocenters. The Balaban J connectivity index is 1.47. The van der Waals surface area contributed by atoms with Gasteiger partial charge in [0.25, 0.3) is 0 Å². The summed E-state index contributed by atoms with van der Waals surface area (Å²) in [6.45, 7) is 1.38. The molecule has 0 bridgehead atoms. The molecule has 4 rings (SSSR count). The number of nitrogens with zero attached hydrogens (tertiary/aromatic N) is 2. The fourth-order valence-electron chi connectivity index (χ4n) is 3.78. The lowest BCUT2D eigenvalue weighted by Gasteiger charge is -2.35. The highest BCUT2D eigenvalue weighted by Gasteiger charge is 2.31. The molecular weight excluding hydrogens is 376 g/mol. The largest absolute Gasteiger partial charge is 0.473 e. The number of aromatic nitrogens is 1. The zero-order valence-electron chi connectivity index (χ0n) is 16.9. The highest BCUT2D eigenvalue weighted by molar-refractivity contribution is 5.68. The van der Waals surface area contributed by atoms with Crippen LogP contribution in [0.3, 0.4) is 0 Å². The van der Waals surface area contributed by atoms with Crippen molar-refractivity contribution in [1.29, 1.82) is 0 Å². The topological polar surface area (TPSA) is 51.7 Å². The number of ether oxygens (including phenoxy) is 2. The van der Waals surface area contributed by atoms with Gasteiger partial charge >= 0.3 is 6.09 Å². The van der Waals surface area contributed by atoms with Crippen LogP contribution in [-0.4, -0.2) is 22.5 Å². The summed E-state index contributed by atoms with van der Waals surface area (Å²) in [4.78, 5) is 19.2. The number of carbonyl (C=O) groups excluding carboxylic acids is 1. The molecule has 0 aliphatic carbocycles. The smallest absolute Gasteiger partial charge is 0.410 e. The first kappa shape index (κ1) is 20.0. The van der Waals surface area contributed by atoms with E-state index in [9.17, 15) is 4.79 Å². The van der Waals surface area contributed by atoms with Gasteiger partial charge in [-0.3, -0.25) is 0 Å². The van der Waals surface area contributed by atoms with E-state index in [1.807, 2.05) is 77.7 Å². The fraction of sp³-hybridized carbons (Fsp3) is 0.280. The first-order valence-corrected chi connectivity index (χ1v) is 10.4. The number of likely N-dealkylation sites (tertiary alicyclic amines) is 1. The number of rotatable bonds is 6. The molecule has 1 saturated heterocycles. The highest BCUT2D eigenvalue weighted by atomic mass is 16.6. The SMILES string of the molecule is O=C(OCc1ccccc1)N1CCCC[C@@H]1c1cccnc1OCc1ccccc1. The first-order valence-electron chi connectivity index (χ1n) is 10.4. The van der Waals surface area contributed by atoms with Gasteiger partial charge in [-0.05, 0) is 36.5 Å². The van der Waals surface area contributed by atoms with Crippen LogP contribution in [0.2, 0.25) is 0 Å². The third-order valence-electron chi connectivity index (χ3n) is 5.32. The van der Waals surface area contributed by atoms with Crippen LogP contribution in [0.1, 0.15) is 42.0 Å². The lowest BCUT2D eigenvalue weighted by Crippen LogP contribution is -2.39. The second kappa shape index (κ2) is 9.92. The van der Waals surface area contributed by atoms with Gasteiger partial charge in [0.15, 0.2) is 0 Å². The van der Waals surface area contributed by atoms with Crippen molar-refractivity contribution in [2.75, 3.05) is 6.54 Å². The van der Waals surface area contributed by atoms with Crippen LogP contribution in [0.25, 0.3) is 0 Å². The Kier molecular flexibility index (Phi) is 6.60. The molecule has 5 heteroatoms. The van der Waals surface area contributed by atoms with Crippen LogP contribution in [0.4, 0.5) is 4.79 Å². The number of piperidine rings is 1. The van der Waals surface area contributed by atoms with Crippen molar-refractivity contribution in [2.24, 2.45) is 0 Å². The Bertz CT molecular complexity index is 947. The standard InChI is InChI=1S/C25H26N2O3/c28-25(30-19-21-12-5-2-6-13-21)27-17-8-7-15-23(27)22-14-9-16-26-24(22)29-18-20-10-3-1-4-11-20/h1-6,9-14,16,23H,7-8,15,17-19H2/t23-/m1/s1. The molecule has 5 nitrogen and oxygen atoms in total. The zero-order valence-corrected chi connectivity index (χ0v) is 16.9. The van der Waals surface area contributed by atoms with Crippen molar-refractivity contribution >= 4 is 6.09 Å². The van der Waals surface area contributed by atoms with Gasteiger partial charge in [-0.1, -0.05) is 66.7 Å². The number of hydrogen-bond donors (Lipinski definition) is 0. The number of pyridine rings is 1. The predicted molar refractivity (Wildman–Crippen MR) is 115 cm³/mol. The molecule has 1 aliphatic heterocycles. The Morgan fingerprint density at radius 2 is 1.60 bits per heavy atom. The molecule has 154 valence electrons. The van der Waals surface area contributed by atoms with Crippen molar-refractivity contribution < 1.29 is 14.3 Å². The van der Waals surface area contributed by atoms with Crippen molar-refractivity contribution in [3.63, 3.8) is 0 Å². The highest BCUT2D eigenvalue weighted by Crippen LogP contribution is 2.35. The molecular formula is C25H26N2O3. The summed E-state index contributed by atoms with van der Waals surface area (Å²) in [5, 5.41) is 0. The van der Waals surface area contributed by atoms with Crippen molar-refractivity contribution in [3.8, 4) is 5.88 Å². The normalized spacial score (nSPS) is 16.1.